The van der Waals surface area contributed by atoms with Crippen LogP contribution in [0, 0.1) is 11.3 Å². The Labute approximate surface area is 143 Å². The van der Waals surface area contributed by atoms with Gasteiger partial charge in [-0.05, 0) is 24.7 Å². The van der Waals surface area contributed by atoms with Crippen molar-refractivity contribution < 1.29 is 23.1 Å². The van der Waals surface area contributed by atoms with Crippen molar-refractivity contribution in [2.75, 3.05) is 19.6 Å². The summed E-state index contributed by atoms with van der Waals surface area (Å²) in [5, 5.41) is 2.23. The number of hydrogen-bond donors (Lipinski definition) is 1. The summed E-state index contributed by atoms with van der Waals surface area (Å²) in [6.07, 6.45) is -0.236. The van der Waals surface area contributed by atoms with Crippen LogP contribution in [0.1, 0.15) is 53.4 Å². The fraction of sp³-hybridized carbons (Fsp3) is 0.882. The van der Waals surface area contributed by atoms with Crippen molar-refractivity contribution in [1.82, 2.24) is 10.2 Å². The Balaban J connectivity index is 2.59. The van der Waals surface area contributed by atoms with E-state index in [0.717, 1.165) is 12.8 Å². The van der Waals surface area contributed by atoms with Crippen LogP contribution in [0.15, 0.2) is 0 Å². The third-order valence-electron chi connectivity index (χ3n) is 4.24. The van der Waals surface area contributed by atoms with Crippen molar-refractivity contribution >= 4 is 12.0 Å². The van der Waals surface area contributed by atoms with E-state index in [1.165, 1.54) is 4.90 Å². The molecule has 1 aliphatic heterocycles. The van der Waals surface area contributed by atoms with Crippen LogP contribution in [0.2, 0.25) is 0 Å². The normalized spacial score (nSPS) is 20.0. The van der Waals surface area contributed by atoms with Gasteiger partial charge in [0.1, 0.15) is 6.10 Å². The SMILES string of the molecule is CCCC(OC(=O)N1CCCC(C(=O)NCC(F)F)C1)C(C)(C)C. The van der Waals surface area contributed by atoms with Gasteiger partial charge < -0.3 is 15.0 Å². The van der Waals surface area contributed by atoms with Crippen LogP contribution in [-0.4, -0.2) is 49.1 Å². The number of nitrogens with one attached hydrogen (secondary N) is 1. The first-order valence-corrected chi connectivity index (χ1v) is 8.66. The summed E-state index contributed by atoms with van der Waals surface area (Å²) in [5.41, 5.74) is -0.157. The molecule has 5 nitrogen and oxygen atoms in total. The minimum Gasteiger partial charge on any atom is -0.446 e. The number of hydrogen-bond acceptors (Lipinski definition) is 3. The van der Waals surface area contributed by atoms with Crippen LogP contribution in [0.5, 0.6) is 0 Å². The number of ether oxygens (including phenoxy) is 1. The predicted octanol–water partition coefficient (Wildman–Crippen LogP) is 3.43. The predicted molar refractivity (Wildman–Crippen MR) is 87.9 cm³/mol. The molecule has 2 unspecified atom stereocenters. The fourth-order valence-corrected chi connectivity index (χ4v) is 2.81. The van der Waals surface area contributed by atoms with Gasteiger partial charge in [-0.2, -0.15) is 0 Å². The maximum atomic E-state index is 12.4. The lowest BCUT2D eigenvalue weighted by molar-refractivity contribution is -0.127. The number of piperidine rings is 1. The first-order valence-electron chi connectivity index (χ1n) is 8.66. The summed E-state index contributed by atoms with van der Waals surface area (Å²) in [7, 11) is 0. The maximum absolute atomic E-state index is 12.4. The van der Waals surface area contributed by atoms with Crippen LogP contribution in [0.3, 0.4) is 0 Å². The fourth-order valence-electron chi connectivity index (χ4n) is 2.81. The molecule has 0 spiro atoms. The largest absolute Gasteiger partial charge is 0.446 e. The van der Waals surface area contributed by atoms with Crippen LogP contribution >= 0.6 is 0 Å². The first kappa shape index (κ1) is 20.6. The molecule has 7 heteroatoms. The molecule has 1 aliphatic rings. The molecule has 0 bridgehead atoms. The van der Waals surface area contributed by atoms with E-state index < -0.39 is 30.9 Å². The highest BCUT2D eigenvalue weighted by molar-refractivity contribution is 5.80. The van der Waals surface area contributed by atoms with Crippen molar-refractivity contribution in [1.29, 1.82) is 0 Å². The Morgan fingerprint density at radius 1 is 1.33 bits per heavy atom. The molecule has 1 heterocycles. The van der Waals surface area contributed by atoms with E-state index in [1.54, 1.807) is 0 Å². The molecule has 0 radical (unpaired) electrons. The molecule has 0 aromatic rings. The maximum Gasteiger partial charge on any atom is 0.410 e. The second-order valence-electron chi connectivity index (χ2n) is 7.45. The van der Waals surface area contributed by atoms with E-state index in [-0.39, 0.29) is 18.1 Å². The van der Waals surface area contributed by atoms with Crippen LogP contribution < -0.4 is 5.32 Å². The zero-order valence-electron chi connectivity index (χ0n) is 15.1. The molecule has 0 aliphatic carbocycles. The quantitative estimate of drug-likeness (QED) is 0.800. The van der Waals surface area contributed by atoms with Crippen molar-refractivity contribution in [2.45, 2.75) is 65.9 Å². The highest BCUT2D eigenvalue weighted by Gasteiger charge is 2.33. The number of carbonyl (C=O) groups is 2. The zero-order valence-corrected chi connectivity index (χ0v) is 15.1. The first-order chi connectivity index (χ1) is 11.1. The molecule has 2 atom stereocenters. The Kier molecular flexibility index (Phi) is 7.90. The van der Waals surface area contributed by atoms with E-state index in [1.807, 2.05) is 27.7 Å². The van der Waals surface area contributed by atoms with Crippen molar-refractivity contribution in [2.24, 2.45) is 11.3 Å². The van der Waals surface area contributed by atoms with E-state index in [9.17, 15) is 18.4 Å². The summed E-state index contributed by atoms with van der Waals surface area (Å²) in [5.74, 6) is -0.877. The smallest absolute Gasteiger partial charge is 0.410 e. The molecular formula is C17H30F2N2O3. The molecule has 1 fully saturated rings. The second-order valence-corrected chi connectivity index (χ2v) is 7.45. The molecule has 1 rings (SSSR count). The van der Waals surface area contributed by atoms with Gasteiger partial charge in [0.05, 0.1) is 12.5 Å². The van der Waals surface area contributed by atoms with Crippen molar-refractivity contribution in [3.05, 3.63) is 0 Å². The summed E-state index contributed by atoms with van der Waals surface area (Å²) < 4.78 is 30.0. The molecule has 0 aromatic carbocycles. The Morgan fingerprint density at radius 2 is 2.00 bits per heavy atom. The molecule has 140 valence electrons. The lowest BCUT2D eigenvalue weighted by Gasteiger charge is -2.35. The lowest BCUT2D eigenvalue weighted by Crippen LogP contribution is -2.47. The molecule has 0 saturated carbocycles. The van der Waals surface area contributed by atoms with Gasteiger partial charge in [0.25, 0.3) is 6.43 Å². The number of likely N-dealkylation sites (tertiary alicyclic amines) is 1. The van der Waals surface area contributed by atoms with Gasteiger partial charge in [-0.25, -0.2) is 13.6 Å². The van der Waals surface area contributed by atoms with E-state index in [4.69, 9.17) is 4.74 Å². The van der Waals surface area contributed by atoms with Gasteiger partial charge in [-0.1, -0.05) is 34.1 Å². The van der Waals surface area contributed by atoms with E-state index in [0.29, 0.717) is 19.4 Å². The summed E-state index contributed by atoms with van der Waals surface area (Å²) in [4.78, 5) is 25.9. The number of nitrogens with zero attached hydrogens (tertiary/aromatic N) is 1. The van der Waals surface area contributed by atoms with Gasteiger partial charge in [0.15, 0.2) is 0 Å². The number of alkyl halides is 2. The average molecular weight is 348 g/mol. The van der Waals surface area contributed by atoms with E-state index >= 15 is 0 Å². The molecule has 0 aromatic heterocycles. The Morgan fingerprint density at radius 3 is 2.54 bits per heavy atom. The van der Waals surface area contributed by atoms with Crippen LogP contribution in [0.4, 0.5) is 13.6 Å². The van der Waals surface area contributed by atoms with E-state index in [2.05, 4.69) is 5.32 Å². The van der Waals surface area contributed by atoms with Crippen LogP contribution in [0.25, 0.3) is 0 Å². The molecule has 1 saturated heterocycles. The number of carbonyl (C=O) groups excluding carboxylic acids is 2. The highest BCUT2D eigenvalue weighted by Crippen LogP contribution is 2.27. The third-order valence-corrected chi connectivity index (χ3v) is 4.24. The molecule has 2 amide bonds. The minimum atomic E-state index is -2.57. The molecule has 24 heavy (non-hydrogen) atoms. The standard InChI is InChI=1S/C17H30F2N2O3/c1-5-7-13(17(2,3)4)24-16(23)21-9-6-8-12(11-21)15(22)20-10-14(18)19/h12-14H,5-11H2,1-4H3,(H,20,22). The number of amides is 2. The van der Waals surface area contributed by atoms with Gasteiger partial charge in [-0.15, -0.1) is 0 Å². The second kappa shape index (κ2) is 9.18. The van der Waals surface area contributed by atoms with Gasteiger partial charge in [0, 0.05) is 13.1 Å². The van der Waals surface area contributed by atoms with Gasteiger partial charge in [-0.3, -0.25) is 4.79 Å². The zero-order chi connectivity index (χ0) is 18.3. The summed E-state index contributed by atoms with van der Waals surface area (Å²) in [6.45, 7) is 8.21. The topological polar surface area (TPSA) is 58.6 Å². The highest BCUT2D eigenvalue weighted by atomic mass is 19.3. The molecule has 1 N–H and O–H groups in total. The summed E-state index contributed by atoms with van der Waals surface area (Å²) >= 11 is 0. The van der Waals surface area contributed by atoms with Gasteiger partial charge >= 0.3 is 6.09 Å². The monoisotopic (exact) mass is 348 g/mol. The summed E-state index contributed by atoms with van der Waals surface area (Å²) in [6, 6.07) is 0. The minimum absolute atomic E-state index is 0.157. The van der Waals surface area contributed by atoms with Crippen LogP contribution in [-0.2, 0) is 9.53 Å². The Hall–Kier alpha value is -1.40. The van der Waals surface area contributed by atoms with Crippen molar-refractivity contribution in [3.63, 3.8) is 0 Å². The van der Waals surface area contributed by atoms with Gasteiger partial charge in [0.2, 0.25) is 5.91 Å². The number of halogens is 2. The Bertz CT molecular complexity index is 425. The lowest BCUT2D eigenvalue weighted by atomic mass is 9.86. The molecular weight excluding hydrogens is 318 g/mol. The van der Waals surface area contributed by atoms with Crippen molar-refractivity contribution in [3.8, 4) is 0 Å². The number of rotatable bonds is 6. The third kappa shape index (κ3) is 6.61. The average Bonchev–Trinajstić information content (AvgIpc) is 2.51.